The summed E-state index contributed by atoms with van der Waals surface area (Å²) < 4.78 is 9.41. The van der Waals surface area contributed by atoms with Crippen LogP contribution in [-0.2, 0) is 17.6 Å². The second kappa shape index (κ2) is 4.82. The maximum absolute atomic E-state index is 5.05. The van der Waals surface area contributed by atoms with Crippen molar-refractivity contribution in [1.82, 2.24) is 9.36 Å². The molecular formula is C15H17N3OS. The van der Waals surface area contributed by atoms with Gasteiger partial charge >= 0.3 is 0 Å². The summed E-state index contributed by atoms with van der Waals surface area (Å²) in [4.78, 5) is 4.53. The smallest absolute Gasteiger partial charge is 0.202 e. The van der Waals surface area contributed by atoms with Gasteiger partial charge in [0.1, 0.15) is 5.82 Å². The number of hydrogen-bond donors (Lipinski definition) is 1. The molecule has 1 aromatic carbocycles. The molecule has 3 atom stereocenters. The van der Waals surface area contributed by atoms with Gasteiger partial charge in [0.2, 0.25) is 5.13 Å². The van der Waals surface area contributed by atoms with Gasteiger partial charge in [0.15, 0.2) is 0 Å². The molecule has 2 aliphatic rings. The van der Waals surface area contributed by atoms with E-state index in [2.05, 4.69) is 38.9 Å². The number of nitrogens with zero attached hydrogens (tertiary/aromatic N) is 2. The Kier molecular flexibility index (Phi) is 2.97. The monoisotopic (exact) mass is 287 g/mol. The van der Waals surface area contributed by atoms with Gasteiger partial charge in [-0.2, -0.15) is 4.37 Å². The van der Waals surface area contributed by atoms with Crippen LogP contribution in [0, 0.1) is 5.92 Å². The Morgan fingerprint density at radius 2 is 2.30 bits per heavy atom. The molecule has 0 radical (unpaired) electrons. The van der Waals surface area contributed by atoms with Crippen LogP contribution in [-0.4, -0.2) is 29.1 Å². The Morgan fingerprint density at radius 3 is 3.20 bits per heavy atom. The number of fused-ring (bicyclic) bond motifs is 3. The summed E-state index contributed by atoms with van der Waals surface area (Å²) in [6.45, 7) is 0.679. The van der Waals surface area contributed by atoms with Crippen LogP contribution in [0.2, 0.25) is 0 Å². The van der Waals surface area contributed by atoms with Crippen LogP contribution in [0.1, 0.15) is 22.9 Å². The second-order valence-corrected chi connectivity index (χ2v) is 6.27. The molecule has 0 spiro atoms. The number of rotatable bonds is 5. The molecule has 5 heteroatoms. The van der Waals surface area contributed by atoms with Crippen LogP contribution in [0.15, 0.2) is 24.3 Å². The van der Waals surface area contributed by atoms with E-state index in [1.165, 1.54) is 29.1 Å². The Bertz CT molecular complexity index is 627. The first-order valence-electron chi connectivity index (χ1n) is 7.02. The van der Waals surface area contributed by atoms with Gasteiger partial charge in [0.25, 0.3) is 0 Å². The van der Waals surface area contributed by atoms with Crippen molar-refractivity contribution in [1.29, 1.82) is 0 Å². The fraction of sp³-hybridized carbons (Fsp3) is 0.467. The van der Waals surface area contributed by atoms with E-state index in [4.69, 9.17) is 4.74 Å². The van der Waals surface area contributed by atoms with E-state index >= 15 is 0 Å². The lowest BCUT2D eigenvalue weighted by atomic mass is 10.1. The minimum Gasteiger partial charge on any atom is -0.384 e. The van der Waals surface area contributed by atoms with Crippen LogP contribution in [0.5, 0.6) is 0 Å². The summed E-state index contributed by atoms with van der Waals surface area (Å²) in [7, 11) is 1.70. The number of anilines is 1. The van der Waals surface area contributed by atoms with Crippen molar-refractivity contribution >= 4 is 16.7 Å². The van der Waals surface area contributed by atoms with E-state index in [1.54, 1.807) is 7.11 Å². The van der Waals surface area contributed by atoms with Crippen molar-refractivity contribution in [2.24, 2.45) is 5.92 Å². The number of methoxy groups -OCH3 is 1. The van der Waals surface area contributed by atoms with Crippen LogP contribution in [0.25, 0.3) is 0 Å². The van der Waals surface area contributed by atoms with E-state index in [0.29, 0.717) is 18.6 Å². The lowest BCUT2D eigenvalue weighted by Crippen LogP contribution is -2.09. The lowest BCUT2D eigenvalue weighted by Gasteiger charge is -2.07. The van der Waals surface area contributed by atoms with Crippen LogP contribution in [0.3, 0.4) is 0 Å². The summed E-state index contributed by atoms with van der Waals surface area (Å²) in [5.74, 6) is 2.31. The van der Waals surface area contributed by atoms with Crippen molar-refractivity contribution in [3.05, 3.63) is 41.2 Å². The molecule has 1 heterocycles. The quantitative estimate of drug-likeness (QED) is 0.918. The third kappa shape index (κ3) is 2.01. The van der Waals surface area contributed by atoms with Crippen molar-refractivity contribution in [3.8, 4) is 0 Å². The summed E-state index contributed by atoms with van der Waals surface area (Å²) in [6.07, 6.45) is 1.99. The molecule has 20 heavy (non-hydrogen) atoms. The Labute approximate surface area is 122 Å². The minimum atomic E-state index is 0.549. The molecule has 1 saturated carbocycles. The van der Waals surface area contributed by atoms with Gasteiger partial charge in [-0.05, 0) is 23.5 Å². The molecular weight excluding hydrogens is 270 g/mol. The van der Waals surface area contributed by atoms with Crippen LogP contribution < -0.4 is 5.32 Å². The van der Waals surface area contributed by atoms with E-state index in [0.717, 1.165) is 23.3 Å². The zero-order valence-electron chi connectivity index (χ0n) is 11.4. The molecule has 104 valence electrons. The average molecular weight is 287 g/mol. The van der Waals surface area contributed by atoms with E-state index in [1.807, 2.05) is 0 Å². The standard InChI is InChI=1S/C15H17N3OS/c1-19-7-6-12-16-15(20-18-12)17-14-11-8-9-4-2-3-5-10(9)13(11)14/h2-5,11,13-14H,6-8H2,1H3,(H,16,17,18). The van der Waals surface area contributed by atoms with E-state index in [-0.39, 0.29) is 0 Å². The normalized spacial score (nSPS) is 26.1. The van der Waals surface area contributed by atoms with Crippen molar-refractivity contribution in [2.45, 2.75) is 24.8 Å². The fourth-order valence-corrected chi connectivity index (χ4v) is 3.96. The highest BCUT2D eigenvalue weighted by Gasteiger charge is 2.55. The highest BCUT2D eigenvalue weighted by atomic mass is 32.1. The predicted octanol–water partition coefficient (Wildman–Crippen LogP) is 2.48. The van der Waals surface area contributed by atoms with Crippen LogP contribution >= 0.6 is 11.5 Å². The first-order valence-corrected chi connectivity index (χ1v) is 7.80. The van der Waals surface area contributed by atoms with Gasteiger partial charge in [-0.1, -0.05) is 24.3 Å². The van der Waals surface area contributed by atoms with Gasteiger partial charge in [0, 0.05) is 37.0 Å². The molecule has 0 amide bonds. The lowest BCUT2D eigenvalue weighted by molar-refractivity contribution is 0.201. The average Bonchev–Trinajstić information content (AvgIpc) is 2.85. The fourth-order valence-electron chi connectivity index (χ4n) is 3.30. The topological polar surface area (TPSA) is 47.0 Å². The molecule has 4 nitrogen and oxygen atoms in total. The molecule has 0 saturated heterocycles. The number of hydrogen-bond acceptors (Lipinski definition) is 5. The van der Waals surface area contributed by atoms with Crippen molar-refractivity contribution in [3.63, 3.8) is 0 Å². The molecule has 1 N–H and O–H groups in total. The molecule has 2 aliphatic carbocycles. The maximum atomic E-state index is 5.05. The molecule has 2 aromatic rings. The number of benzene rings is 1. The summed E-state index contributed by atoms with van der Waals surface area (Å²) in [5, 5.41) is 4.51. The Balaban J connectivity index is 1.42. The summed E-state index contributed by atoms with van der Waals surface area (Å²) >= 11 is 1.46. The molecule has 4 rings (SSSR count). The molecule has 0 aliphatic heterocycles. The highest BCUT2D eigenvalue weighted by molar-refractivity contribution is 7.09. The summed E-state index contributed by atoms with van der Waals surface area (Å²) in [5.41, 5.74) is 3.05. The zero-order valence-corrected chi connectivity index (χ0v) is 12.2. The highest BCUT2D eigenvalue weighted by Crippen LogP contribution is 2.57. The predicted molar refractivity (Wildman–Crippen MR) is 79.3 cm³/mol. The van der Waals surface area contributed by atoms with Gasteiger partial charge in [-0.3, -0.25) is 0 Å². The zero-order chi connectivity index (χ0) is 13.5. The maximum Gasteiger partial charge on any atom is 0.202 e. The second-order valence-electron chi connectivity index (χ2n) is 5.52. The largest absolute Gasteiger partial charge is 0.384 e. The SMILES string of the molecule is COCCc1nsc(NC2C3Cc4ccccc4C32)n1. The van der Waals surface area contributed by atoms with Gasteiger partial charge in [0.05, 0.1) is 6.61 Å². The number of nitrogens with one attached hydrogen (secondary N) is 1. The van der Waals surface area contributed by atoms with Crippen LogP contribution in [0.4, 0.5) is 5.13 Å². The summed E-state index contributed by atoms with van der Waals surface area (Å²) in [6, 6.07) is 9.36. The molecule has 0 bridgehead atoms. The Morgan fingerprint density at radius 1 is 1.40 bits per heavy atom. The molecule has 1 fully saturated rings. The number of ether oxygens (including phenoxy) is 1. The molecule has 3 unspecified atom stereocenters. The van der Waals surface area contributed by atoms with E-state index < -0.39 is 0 Å². The Hall–Kier alpha value is -1.46. The van der Waals surface area contributed by atoms with E-state index in [9.17, 15) is 0 Å². The first-order chi connectivity index (χ1) is 9.86. The first kappa shape index (κ1) is 12.3. The molecule has 1 aromatic heterocycles. The van der Waals surface area contributed by atoms with Gasteiger partial charge in [-0.15, -0.1) is 0 Å². The minimum absolute atomic E-state index is 0.549. The number of aromatic nitrogens is 2. The van der Waals surface area contributed by atoms with Crippen molar-refractivity contribution in [2.75, 3.05) is 19.0 Å². The third-order valence-corrected chi connectivity index (χ3v) is 5.01. The van der Waals surface area contributed by atoms with Gasteiger partial charge in [-0.25, -0.2) is 4.98 Å². The third-order valence-electron chi connectivity index (χ3n) is 4.33. The van der Waals surface area contributed by atoms with Gasteiger partial charge < -0.3 is 10.1 Å². The van der Waals surface area contributed by atoms with Crippen molar-refractivity contribution < 1.29 is 4.74 Å².